The Labute approximate surface area is 120 Å². The lowest BCUT2D eigenvalue weighted by Gasteiger charge is -2.08. The Bertz CT molecular complexity index is 654. The van der Waals surface area contributed by atoms with Gasteiger partial charge in [-0.1, -0.05) is 15.9 Å². The zero-order chi connectivity index (χ0) is 13.9. The van der Waals surface area contributed by atoms with E-state index in [1.54, 1.807) is 36.4 Å². The Morgan fingerprint density at radius 2 is 1.42 bits per heavy atom. The fourth-order valence-electron chi connectivity index (χ4n) is 1.46. The van der Waals surface area contributed by atoms with Crippen LogP contribution >= 0.6 is 15.9 Å². The molecular weight excluding hydrogens is 330 g/mol. The van der Waals surface area contributed by atoms with Gasteiger partial charge >= 0.3 is 0 Å². The minimum absolute atomic E-state index is 0.175. The first-order valence-electron chi connectivity index (χ1n) is 5.36. The highest BCUT2D eigenvalue weighted by Crippen LogP contribution is 2.19. The lowest BCUT2D eigenvalue weighted by atomic mass is 10.3. The first kappa shape index (κ1) is 13.9. The van der Waals surface area contributed by atoms with Crippen LogP contribution in [0, 0.1) is 0 Å². The summed E-state index contributed by atoms with van der Waals surface area (Å²) in [7, 11) is -3.59. The predicted octanol–water partition coefficient (Wildman–Crippen LogP) is 2.54. The van der Waals surface area contributed by atoms with Crippen LogP contribution in [0.15, 0.2) is 57.9 Å². The van der Waals surface area contributed by atoms with Gasteiger partial charge in [0, 0.05) is 15.8 Å². The summed E-state index contributed by atoms with van der Waals surface area (Å²) in [6.45, 7) is 0. The summed E-state index contributed by atoms with van der Waals surface area (Å²) < 4.78 is 27.6. The third-order valence-corrected chi connectivity index (χ3v) is 4.35. The highest BCUT2D eigenvalue weighted by atomic mass is 79.9. The molecule has 0 fully saturated rings. The second-order valence-electron chi connectivity index (χ2n) is 3.78. The van der Waals surface area contributed by atoms with Crippen molar-refractivity contribution in [1.29, 1.82) is 0 Å². The van der Waals surface area contributed by atoms with Gasteiger partial charge in [0.15, 0.2) is 0 Å². The fourth-order valence-corrected chi connectivity index (χ4v) is 2.79. The van der Waals surface area contributed by atoms with Gasteiger partial charge < -0.3 is 5.43 Å². The van der Waals surface area contributed by atoms with Gasteiger partial charge in [-0.05, 0) is 48.5 Å². The van der Waals surface area contributed by atoms with Crippen LogP contribution < -0.4 is 16.0 Å². The van der Waals surface area contributed by atoms with Crippen molar-refractivity contribution >= 4 is 37.3 Å². The molecule has 5 nitrogen and oxygen atoms in total. The van der Waals surface area contributed by atoms with E-state index < -0.39 is 10.0 Å². The van der Waals surface area contributed by atoms with Crippen molar-refractivity contribution in [3.8, 4) is 0 Å². The molecule has 2 aromatic carbocycles. The van der Waals surface area contributed by atoms with Gasteiger partial charge in [-0.25, -0.2) is 8.42 Å². The highest BCUT2D eigenvalue weighted by Gasteiger charge is 2.13. The van der Waals surface area contributed by atoms with Crippen LogP contribution in [0.5, 0.6) is 0 Å². The molecule has 100 valence electrons. The van der Waals surface area contributed by atoms with E-state index in [1.807, 2.05) is 0 Å². The standard InChI is InChI=1S/C12H12BrN3O2S/c13-9-1-3-11(4-2-9)16-19(17,18)12-7-5-10(15-14)6-8-12/h1-8,15-16H,14H2. The van der Waals surface area contributed by atoms with E-state index in [-0.39, 0.29) is 4.90 Å². The van der Waals surface area contributed by atoms with Gasteiger partial charge in [-0.3, -0.25) is 10.6 Å². The van der Waals surface area contributed by atoms with Crippen LogP contribution in [-0.4, -0.2) is 8.42 Å². The number of halogens is 1. The summed E-state index contributed by atoms with van der Waals surface area (Å²) in [6.07, 6.45) is 0. The van der Waals surface area contributed by atoms with Crippen molar-refractivity contribution < 1.29 is 8.42 Å². The molecule has 0 saturated heterocycles. The lowest BCUT2D eigenvalue weighted by Crippen LogP contribution is -2.13. The van der Waals surface area contributed by atoms with Gasteiger partial charge in [0.05, 0.1) is 4.90 Å². The number of benzene rings is 2. The summed E-state index contributed by atoms with van der Waals surface area (Å²) >= 11 is 3.29. The third-order valence-electron chi connectivity index (χ3n) is 2.43. The molecule has 0 bridgehead atoms. The molecule has 4 N–H and O–H groups in total. The van der Waals surface area contributed by atoms with Crippen LogP contribution in [0.1, 0.15) is 0 Å². The van der Waals surface area contributed by atoms with E-state index in [0.29, 0.717) is 11.4 Å². The van der Waals surface area contributed by atoms with Crippen molar-refractivity contribution in [2.45, 2.75) is 4.90 Å². The van der Waals surface area contributed by atoms with Crippen molar-refractivity contribution in [1.82, 2.24) is 0 Å². The lowest BCUT2D eigenvalue weighted by molar-refractivity contribution is 0.601. The molecule has 2 rings (SSSR count). The molecule has 0 amide bonds. The van der Waals surface area contributed by atoms with Crippen LogP contribution in [0.3, 0.4) is 0 Å². The van der Waals surface area contributed by atoms with E-state index in [9.17, 15) is 8.42 Å². The van der Waals surface area contributed by atoms with Gasteiger partial charge in [-0.15, -0.1) is 0 Å². The van der Waals surface area contributed by atoms with E-state index in [1.165, 1.54) is 12.1 Å². The maximum Gasteiger partial charge on any atom is 0.261 e. The predicted molar refractivity (Wildman–Crippen MR) is 79.2 cm³/mol. The third kappa shape index (κ3) is 3.46. The molecule has 0 aromatic heterocycles. The number of nitrogens with two attached hydrogens (primary N) is 1. The van der Waals surface area contributed by atoms with Crippen LogP contribution in [0.4, 0.5) is 11.4 Å². The molecule has 7 heteroatoms. The Hall–Kier alpha value is -1.57. The number of hydrogen-bond acceptors (Lipinski definition) is 4. The zero-order valence-corrected chi connectivity index (χ0v) is 12.2. The maximum atomic E-state index is 12.1. The molecule has 0 heterocycles. The second kappa shape index (κ2) is 5.60. The highest BCUT2D eigenvalue weighted by molar-refractivity contribution is 9.10. The minimum atomic E-state index is -3.59. The number of anilines is 2. The Morgan fingerprint density at radius 3 is 1.95 bits per heavy atom. The van der Waals surface area contributed by atoms with Gasteiger partial charge in [0.1, 0.15) is 0 Å². The number of nitrogen functional groups attached to an aromatic ring is 1. The summed E-state index contributed by atoms with van der Waals surface area (Å²) in [5.41, 5.74) is 3.59. The smallest absolute Gasteiger partial charge is 0.261 e. The largest absolute Gasteiger partial charge is 0.324 e. The van der Waals surface area contributed by atoms with Crippen molar-refractivity contribution in [3.05, 3.63) is 53.0 Å². The average Bonchev–Trinajstić information content (AvgIpc) is 2.41. The molecule has 0 unspecified atom stereocenters. The van der Waals surface area contributed by atoms with Gasteiger partial charge in [0.25, 0.3) is 10.0 Å². The average molecular weight is 342 g/mol. The Morgan fingerprint density at radius 1 is 0.895 bits per heavy atom. The number of hydrazine groups is 1. The summed E-state index contributed by atoms with van der Waals surface area (Å²) in [5, 5.41) is 0. The molecule has 0 aliphatic heterocycles. The first-order valence-corrected chi connectivity index (χ1v) is 7.64. The number of rotatable bonds is 4. The zero-order valence-electron chi connectivity index (χ0n) is 9.80. The molecule has 0 spiro atoms. The number of sulfonamides is 1. The fraction of sp³-hybridized carbons (Fsp3) is 0. The van der Waals surface area contributed by atoms with Crippen molar-refractivity contribution in [3.63, 3.8) is 0 Å². The molecule has 0 radical (unpaired) electrons. The Kier molecular flexibility index (Phi) is 4.08. The van der Waals surface area contributed by atoms with Crippen LogP contribution in [0.25, 0.3) is 0 Å². The van der Waals surface area contributed by atoms with Crippen LogP contribution in [-0.2, 0) is 10.0 Å². The topological polar surface area (TPSA) is 84.2 Å². The molecule has 0 saturated carbocycles. The molecule has 2 aromatic rings. The summed E-state index contributed by atoms with van der Waals surface area (Å²) in [4.78, 5) is 0.175. The second-order valence-corrected chi connectivity index (χ2v) is 6.38. The molecule has 0 aliphatic rings. The normalized spacial score (nSPS) is 11.1. The summed E-state index contributed by atoms with van der Waals surface area (Å²) in [5.74, 6) is 5.23. The van der Waals surface area contributed by atoms with E-state index in [4.69, 9.17) is 5.84 Å². The van der Waals surface area contributed by atoms with Gasteiger partial charge in [-0.2, -0.15) is 0 Å². The van der Waals surface area contributed by atoms with E-state index in [2.05, 4.69) is 26.1 Å². The van der Waals surface area contributed by atoms with E-state index in [0.717, 1.165) is 4.47 Å². The Balaban J connectivity index is 2.24. The molecule has 0 atom stereocenters. The number of hydrogen-bond donors (Lipinski definition) is 3. The minimum Gasteiger partial charge on any atom is -0.324 e. The van der Waals surface area contributed by atoms with Gasteiger partial charge in [0.2, 0.25) is 0 Å². The van der Waals surface area contributed by atoms with E-state index >= 15 is 0 Å². The van der Waals surface area contributed by atoms with Crippen molar-refractivity contribution in [2.75, 3.05) is 10.1 Å². The molecular formula is C12H12BrN3O2S. The molecule has 19 heavy (non-hydrogen) atoms. The quantitative estimate of drug-likeness (QED) is 0.589. The number of nitrogens with one attached hydrogen (secondary N) is 2. The monoisotopic (exact) mass is 341 g/mol. The summed E-state index contributed by atoms with van der Waals surface area (Å²) in [6, 6.07) is 13.0. The maximum absolute atomic E-state index is 12.1. The first-order chi connectivity index (χ1) is 9.01. The SMILES string of the molecule is NNc1ccc(S(=O)(=O)Nc2ccc(Br)cc2)cc1. The van der Waals surface area contributed by atoms with Crippen LogP contribution in [0.2, 0.25) is 0 Å². The van der Waals surface area contributed by atoms with Crippen molar-refractivity contribution in [2.24, 2.45) is 5.84 Å². The molecule has 0 aliphatic carbocycles.